The molecular formula is C16H21NO3. The van der Waals surface area contributed by atoms with Crippen LogP contribution in [-0.4, -0.2) is 24.6 Å². The van der Waals surface area contributed by atoms with Crippen molar-refractivity contribution in [1.82, 2.24) is 0 Å². The number of oxime groups is 1. The van der Waals surface area contributed by atoms with Gasteiger partial charge in [0.05, 0.1) is 13.2 Å². The topological polar surface area (TPSA) is 51.0 Å². The Hall–Kier alpha value is -1.71. The van der Waals surface area contributed by atoms with E-state index in [4.69, 9.17) is 14.7 Å². The molecule has 2 aliphatic carbocycles. The lowest BCUT2D eigenvalue weighted by Crippen LogP contribution is -2.11. The van der Waals surface area contributed by atoms with Gasteiger partial charge in [-0.25, -0.2) is 0 Å². The minimum atomic E-state index is 0.327. The van der Waals surface area contributed by atoms with Crippen molar-refractivity contribution in [3.05, 3.63) is 23.8 Å². The predicted molar refractivity (Wildman–Crippen MR) is 77.0 cm³/mol. The van der Waals surface area contributed by atoms with Crippen molar-refractivity contribution < 1.29 is 14.7 Å². The van der Waals surface area contributed by atoms with Gasteiger partial charge >= 0.3 is 0 Å². The summed E-state index contributed by atoms with van der Waals surface area (Å²) in [5.41, 5.74) is 1.24. The first kappa shape index (κ1) is 13.3. The van der Waals surface area contributed by atoms with E-state index in [2.05, 4.69) is 17.3 Å². The van der Waals surface area contributed by atoms with E-state index in [1.165, 1.54) is 18.4 Å². The van der Waals surface area contributed by atoms with E-state index in [1.807, 2.05) is 6.07 Å². The van der Waals surface area contributed by atoms with Gasteiger partial charge < -0.3 is 14.7 Å². The summed E-state index contributed by atoms with van der Waals surface area (Å²) in [6, 6.07) is 6.15. The van der Waals surface area contributed by atoms with Crippen molar-refractivity contribution in [2.75, 3.05) is 7.11 Å². The highest BCUT2D eigenvalue weighted by atomic mass is 16.5. The standard InChI is InChI=1S/C16H21NO3/c1-19-15-7-6-11(14-8-12(14)10-17-18)9-16(15)20-13-4-2-3-5-13/h6-7,9-10,12-14,18H,2-5,8H2,1H3/b17-10+. The van der Waals surface area contributed by atoms with Gasteiger partial charge in [0.2, 0.25) is 0 Å². The first-order valence-corrected chi connectivity index (χ1v) is 7.34. The Labute approximate surface area is 119 Å². The third-order valence-electron chi connectivity index (χ3n) is 4.31. The van der Waals surface area contributed by atoms with Crippen molar-refractivity contribution >= 4 is 6.21 Å². The number of benzene rings is 1. The zero-order chi connectivity index (χ0) is 13.9. The Morgan fingerprint density at radius 1 is 1.25 bits per heavy atom. The van der Waals surface area contributed by atoms with E-state index in [0.717, 1.165) is 30.8 Å². The second-order valence-electron chi connectivity index (χ2n) is 5.71. The van der Waals surface area contributed by atoms with Gasteiger partial charge in [0.15, 0.2) is 11.5 Å². The van der Waals surface area contributed by atoms with Crippen LogP contribution in [0.15, 0.2) is 23.4 Å². The van der Waals surface area contributed by atoms with E-state index in [1.54, 1.807) is 13.3 Å². The summed E-state index contributed by atoms with van der Waals surface area (Å²) in [6.07, 6.45) is 7.77. The fourth-order valence-electron chi connectivity index (χ4n) is 3.05. The number of hydrogen-bond donors (Lipinski definition) is 1. The van der Waals surface area contributed by atoms with Crippen LogP contribution in [0.5, 0.6) is 11.5 Å². The van der Waals surface area contributed by atoms with Gasteiger partial charge in [-0.2, -0.15) is 0 Å². The van der Waals surface area contributed by atoms with Crippen molar-refractivity contribution in [1.29, 1.82) is 0 Å². The van der Waals surface area contributed by atoms with Crippen LogP contribution in [0, 0.1) is 5.92 Å². The fourth-order valence-corrected chi connectivity index (χ4v) is 3.05. The Balaban J connectivity index is 1.76. The van der Waals surface area contributed by atoms with Crippen LogP contribution in [0.3, 0.4) is 0 Å². The summed E-state index contributed by atoms with van der Waals surface area (Å²) < 4.78 is 11.5. The molecule has 2 fully saturated rings. The van der Waals surface area contributed by atoms with E-state index in [9.17, 15) is 0 Å². The Morgan fingerprint density at radius 3 is 2.75 bits per heavy atom. The highest BCUT2D eigenvalue weighted by molar-refractivity contribution is 5.66. The summed E-state index contributed by atoms with van der Waals surface area (Å²) in [6.45, 7) is 0. The minimum absolute atomic E-state index is 0.327. The van der Waals surface area contributed by atoms with Crippen LogP contribution in [0.4, 0.5) is 0 Å². The van der Waals surface area contributed by atoms with Crippen LogP contribution >= 0.6 is 0 Å². The van der Waals surface area contributed by atoms with Gasteiger partial charge in [-0.3, -0.25) is 0 Å². The van der Waals surface area contributed by atoms with Crippen molar-refractivity contribution in [3.63, 3.8) is 0 Å². The lowest BCUT2D eigenvalue weighted by Gasteiger charge is -2.16. The smallest absolute Gasteiger partial charge is 0.161 e. The van der Waals surface area contributed by atoms with Crippen LogP contribution < -0.4 is 9.47 Å². The van der Waals surface area contributed by atoms with Gasteiger partial charge in [0, 0.05) is 12.1 Å². The molecule has 2 atom stereocenters. The minimum Gasteiger partial charge on any atom is -0.493 e. The summed E-state index contributed by atoms with van der Waals surface area (Å²) in [5, 5.41) is 11.7. The molecule has 0 heterocycles. The normalized spacial score (nSPS) is 26.1. The maximum atomic E-state index is 8.59. The maximum Gasteiger partial charge on any atom is 0.161 e. The Morgan fingerprint density at radius 2 is 2.05 bits per heavy atom. The molecule has 3 rings (SSSR count). The first-order chi connectivity index (χ1) is 9.81. The maximum absolute atomic E-state index is 8.59. The number of methoxy groups -OCH3 is 1. The molecule has 0 aliphatic heterocycles. The van der Waals surface area contributed by atoms with Gasteiger partial charge in [-0.05, 0) is 55.7 Å². The summed E-state index contributed by atoms with van der Waals surface area (Å²) in [4.78, 5) is 0. The Bertz CT molecular complexity index is 494. The highest BCUT2D eigenvalue weighted by Gasteiger charge is 2.37. The fraction of sp³-hybridized carbons (Fsp3) is 0.562. The molecule has 0 radical (unpaired) electrons. The van der Waals surface area contributed by atoms with Crippen LogP contribution in [0.2, 0.25) is 0 Å². The Kier molecular flexibility index (Phi) is 3.81. The third-order valence-corrected chi connectivity index (χ3v) is 4.31. The van der Waals surface area contributed by atoms with Crippen LogP contribution in [0.1, 0.15) is 43.6 Å². The summed E-state index contributed by atoms with van der Waals surface area (Å²) in [7, 11) is 1.68. The average molecular weight is 275 g/mol. The molecule has 1 aromatic rings. The third kappa shape index (κ3) is 2.74. The molecule has 20 heavy (non-hydrogen) atoms. The number of ether oxygens (including phenoxy) is 2. The van der Waals surface area contributed by atoms with Gasteiger partial charge in [-0.15, -0.1) is 5.16 Å². The monoisotopic (exact) mass is 275 g/mol. The molecule has 2 saturated carbocycles. The molecule has 1 N–H and O–H groups in total. The molecule has 4 nitrogen and oxygen atoms in total. The van der Waals surface area contributed by atoms with Gasteiger partial charge in [-0.1, -0.05) is 6.07 Å². The molecule has 0 bridgehead atoms. The average Bonchev–Trinajstić information content (AvgIpc) is 3.04. The molecular weight excluding hydrogens is 254 g/mol. The molecule has 108 valence electrons. The van der Waals surface area contributed by atoms with Crippen molar-refractivity contribution in [3.8, 4) is 11.5 Å². The first-order valence-electron chi connectivity index (χ1n) is 7.34. The number of hydrogen-bond acceptors (Lipinski definition) is 4. The zero-order valence-corrected chi connectivity index (χ0v) is 11.8. The van der Waals surface area contributed by atoms with Crippen molar-refractivity contribution in [2.24, 2.45) is 11.1 Å². The second-order valence-corrected chi connectivity index (χ2v) is 5.71. The van der Waals surface area contributed by atoms with Crippen LogP contribution in [0.25, 0.3) is 0 Å². The van der Waals surface area contributed by atoms with E-state index < -0.39 is 0 Å². The molecule has 0 spiro atoms. The van der Waals surface area contributed by atoms with E-state index in [0.29, 0.717) is 17.9 Å². The van der Waals surface area contributed by atoms with Gasteiger partial charge in [0.1, 0.15) is 0 Å². The molecule has 0 amide bonds. The highest BCUT2D eigenvalue weighted by Crippen LogP contribution is 2.48. The summed E-state index contributed by atoms with van der Waals surface area (Å²) in [5.74, 6) is 2.45. The number of rotatable bonds is 5. The predicted octanol–water partition coefficient (Wildman–Crippen LogP) is 3.58. The molecule has 2 unspecified atom stereocenters. The van der Waals surface area contributed by atoms with Crippen LogP contribution in [-0.2, 0) is 0 Å². The lowest BCUT2D eigenvalue weighted by atomic mass is 10.1. The second kappa shape index (κ2) is 5.73. The molecule has 2 aliphatic rings. The SMILES string of the molecule is COc1ccc(C2CC2/C=N/O)cc1OC1CCCC1. The van der Waals surface area contributed by atoms with E-state index >= 15 is 0 Å². The molecule has 1 aromatic carbocycles. The molecule has 0 saturated heterocycles. The summed E-state index contributed by atoms with van der Waals surface area (Å²) >= 11 is 0. The largest absolute Gasteiger partial charge is 0.493 e. The van der Waals surface area contributed by atoms with Crippen molar-refractivity contribution in [2.45, 2.75) is 44.1 Å². The molecule has 4 heteroatoms. The number of nitrogens with zero attached hydrogens (tertiary/aromatic N) is 1. The molecule has 0 aromatic heterocycles. The quantitative estimate of drug-likeness (QED) is 0.507. The zero-order valence-electron chi connectivity index (χ0n) is 11.8. The lowest BCUT2D eigenvalue weighted by molar-refractivity contribution is 0.200. The van der Waals surface area contributed by atoms with E-state index in [-0.39, 0.29) is 0 Å². The van der Waals surface area contributed by atoms with Gasteiger partial charge in [0.25, 0.3) is 0 Å².